The first kappa shape index (κ1) is 14.8. The molecule has 2 amide bonds. The summed E-state index contributed by atoms with van der Waals surface area (Å²) >= 11 is 0. The van der Waals surface area contributed by atoms with E-state index in [2.05, 4.69) is 10.6 Å². The van der Waals surface area contributed by atoms with E-state index in [1.165, 1.54) is 32.1 Å². The van der Waals surface area contributed by atoms with Crippen molar-refractivity contribution < 1.29 is 14.7 Å². The fourth-order valence-corrected chi connectivity index (χ4v) is 2.07. The molecular weight excluding hydrogens is 232 g/mol. The number of rotatable bonds is 5. The van der Waals surface area contributed by atoms with Crippen molar-refractivity contribution in [1.29, 1.82) is 0 Å². The van der Waals surface area contributed by atoms with Gasteiger partial charge in [-0.25, -0.2) is 4.79 Å². The Morgan fingerprint density at radius 1 is 1.17 bits per heavy atom. The SMILES string of the molecule is CC(C)(CNC(=O)NCC1CCCCC1)C(=O)O. The molecule has 5 heteroatoms. The topological polar surface area (TPSA) is 78.4 Å². The molecule has 0 aromatic rings. The first-order valence-electron chi connectivity index (χ1n) is 6.67. The molecule has 0 aliphatic heterocycles. The van der Waals surface area contributed by atoms with Crippen LogP contribution < -0.4 is 10.6 Å². The van der Waals surface area contributed by atoms with Gasteiger partial charge in [0.25, 0.3) is 0 Å². The molecule has 104 valence electrons. The summed E-state index contributed by atoms with van der Waals surface area (Å²) in [6.07, 6.45) is 6.16. The molecule has 1 saturated carbocycles. The Balaban J connectivity index is 2.19. The van der Waals surface area contributed by atoms with Crippen LogP contribution >= 0.6 is 0 Å². The maximum Gasteiger partial charge on any atom is 0.314 e. The van der Waals surface area contributed by atoms with Gasteiger partial charge in [0.2, 0.25) is 0 Å². The van der Waals surface area contributed by atoms with Crippen LogP contribution in [0.15, 0.2) is 0 Å². The molecule has 3 N–H and O–H groups in total. The average Bonchev–Trinajstić information content (AvgIpc) is 2.35. The van der Waals surface area contributed by atoms with Gasteiger partial charge in [-0.1, -0.05) is 19.3 Å². The number of aliphatic carboxylic acids is 1. The monoisotopic (exact) mass is 256 g/mol. The number of nitrogens with one attached hydrogen (secondary N) is 2. The number of hydrogen-bond donors (Lipinski definition) is 3. The molecule has 0 bridgehead atoms. The van der Waals surface area contributed by atoms with Crippen LogP contribution in [-0.2, 0) is 4.79 Å². The number of carboxylic acid groups (broad SMARTS) is 1. The number of carboxylic acids is 1. The Hall–Kier alpha value is -1.26. The number of carbonyl (C=O) groups is 2. The third-order valence-corrected chi connectivity index (χ3v) is 3.55. The highest BCUT2D eigenvalue weighted by Crippen LogP contribution is 2.22. The van der Waals surface area contributed by atoms with Gasteiger partial charge >= 0.3 is 12.0 Å². The van der Waals surface area contributed by atoms with E-state index in [0.29, 0.717) is 12.5 Å². The highest BCUT2D eigenvalue weighted by atomic mass is 16.4. The minimum absolute atomic E-state index is 0.138. The van der Waals surface area contributed by atoms with Gasteiger partial charge in [0, 0.05) is 13.1 Å². The van der Waals surface area contributed by atoms with Gasteiger partial charge in [-0.05, 0) is 32.6 Å². The van der Waals surface area contributed by atoms with Crippen LogP contribution in [0.1, 0.15) is 46.0 Å². The van der Waals surface area contributed by atoms with Crippen molar-refractivity contribution in [1.82, 2.24) is 10.6 Å². The Bertz CT molecular complexity index is 297. The molecule has 5 nitrogen and oxygen atoms in total. The standard InChI is InChI=1S/C13H24N2O3/c1-13(2,11(16)17)9-15-12(18)14-8-10-6-4-3-5-7-10/h10H,3-9H2,1-2H3,(H,16,17)(H2,14,15,18). The van der Waals surface area contributed by atoms with Gasteiger partial charge in [-0.2, -0.15) is 0 Å². The molecule has 0 aromatic carbocycles. The van der Waals surface area contributed by atoms with Crippen molar-refractivity contribution in [2.75, 3.05) is 13.1 Å². The summed E-state index contributed by atoms with van der Waals surface area (Å²) in [4.78, 5) is 22.4. The summed E-state index contributed by atoms with van der Waals surface area (Å²) in [6, 6.07) is -0.269. The van der Waals surface area contributed by atoms with Crippen molar-refractivity contribution >= 4 is 12.0 Å². The highest BCUT2D eigenvalue weighted by Gasteiger charge is 2.27. The van der Waals surface area contributed by atoms with Crippen molar-refractivity contribution in [2.45, 2.75) is 46.0 Å². The van der Waals surface area contributed by atoms with E-state index in [9.17, 15) is 9.59 Å². The Morgan fingerprint density at radius 2 is 1.78 bits per heavy atom. The second kappa shape index (κ2) is 6.61. The molecule has 0 unspecified atom stereocenters. The lowest BCUT2D eigenvalue weighted by molar-refractivity contribution is -0.146. The number of hydrogen-bond acceptors (Lipinski definition) is 2. The predicted molar refractivity (Wildman–Crippen MR) is 69.4 cm³/mol. The van der Waals surface area contributed by atoms with Crippen molar-refractivity contribution in [3.05, 3.63) is 0 Å². The molecular formula is C13H24N2O3. The van der Waals surface area contributed by atoms with Gasteiger partial charge < -0.3 is 15.7 Å². The number of carbonyl (C=O) groups excluding carboxylic acids is 1. The summed E-state index contributed by atoms with van der Waals surface area (Å²) < 4.78 is 0. The fourth-order valence-electron chi connectivity index (χ4n) is 2.07. The summed E-state index contributed by atoms with van der Waals surface area (Å²) in [6.45, 7) is 4.02. The quantitative estimate of drug-likeness (QED) is 0.703. The molecule has 18 heavy (non-hydrogen) atoms. The maximum atomic E-state index is 11.5. The van der Waals surface area contributed by atoms with Crippen LogP contribution in [0.5, 0.6) is 0 Å². The third-order valence-electron chi connectivity index (χ3n) is 3.55. The number of amides is 2. The second-order valence-electron chi connectivity index (χ2n) is 5.76. The zero-order valence-electron chi connectivity index (χ0n) is 11.3. The van der Waals surface area contributed by atoms with E-state index in [0.717, 1.165) is 0 Å². The lowest BCUT2D eigenvalue weighted by Crippen LogP contribution is -2.44. The minimum atomic E-state index is -0.928. The van der Waals surface area contributed by atoms with Gasteiger partial charge in [-0.3, -0.25) is 4.79 Å². The lowest BCUT2D eigenvalue weighted by atomic mass is 9.89. The summed E-state index contributed by atoms with van der Waals surface area (Å²) in [5.74, 6) is -0.327. The Morgan fingerprint density at radius 3 is 2.33 bits per heavy atom. The molecule has 1 rings (SSSR count). The molecule has 0 radical (unpaired) electrons. The zero-order chi connectivity index (χ0) is 13.6. The second-order valence-corrected chi connectivity index (χ2v) is 5.76. The molecule has 0 atom stereocenters. The molecule has 0 saturated heterocycles. The summed E-state index contributed by atoms with van der Waals surface area (Å²) in [5.41, 5.74) is -0.928. The van der Waals surface area contributed by atoms with Crippen molar-refractivity contribution in [2.24, 2.45) is 11.3 Å². The van der Waals surface area contributed by atoms with E-state index in [1.54, 1.807) is 13.8 Å². The maximum absolute atomic E-state index is 11.5. The van der Waals surface area contributed by atoms with Gasteiger partial charge in [0.15, 0.2) is 0 Å². The van der Waals surface area contributed by atoms with Crippen LogP contribution in [0.25, 0.3) is 0 Å². The van der Waals surface area contributed by atoms with Crippen molar-refractivity contribution in [3.8, 4) is 0 Å². The van der Waals surface area contributed by atoms with Crippen LogP contribution in [0, 0.1) is 11.3 Å². The molecule has 0 spiro atoms. The Labute approximate surface area is 108 Å². The van der Waals surface area contributed by atoms with Crippen LogP contribution in [0.3, 0.4) is 0 Å². The number of urea groups is 1. The zero-order valence-corrected chi connectivity index (χ0v) is 11.3. The fraction of sp³-hybridized carbons (Fsp3) is 0.846. The molecule has 1 aliphatic carbocycles. The van der Waals surface area contributed by atoms with E-state index in [-0.39, 0.29) is 12.6 Å². The summed E-state index contributed by atoms with van der Waals surface area (Å²) in [5, 5.41) is 14.4. The van der Waals surface area contributed by atoms with Crippen LogP contribution in [0.2, 0.25) is 0 Å². The molecule has 0 heterocycles. The van der Waals surface area contributed by atoms with Crippen LogP contribution in [-0.4, -0.2) is 30.2 Å². The largest absolute Gasteiger partial charge is 0.481 e. The van der Waals surface area contributed by atoms with E-state index < -0.39 is 11.4 Å². The molecule has 1 aliphatic rings. The average molecular weight is 256 g/mol. The van der Waals surface area contributed by atoms with Crippen molar-refractivity contribution in [3.63, 3.8) is 0 Å². The first-order chi connectivity index (χ1) is 8.42. The normalized spacial score (nSPS) is 17.2. The summed E-state index contributed by atoms with van der Waals surface area (Å²) in [7, 11) is 0. The van der Waals surface area contributed by atoms with E-state index in [4.69, 9.17) is 5.11 Å². The van der Waals surface area contributed by atoms with Gasteiger partial charge in [-0.15, -0.1) is 0 Å². The Kier molecular flexibility index (Phi) is 5.44. The van der Waals surface area contributed by atoms with Gasteiger partial charge in [0.1, 0.15) is 0 Å². The molecule has 0 aromatic heterocycles. The molecule has 1 fully saturated rings. The predicted octanol–water partition coefficient (Wildman–Crippen LogP) is 1.98. The van der Waals surface area contributed by atoms with Gasteiger partial charge in [0.05, 0.1) is 5.41 Å². The van der Waals surface area contributed by atoms with E-state index in [1.807, 2.05) is 0 Å². The third kappa shape index (κ3) is 4.94. The highest BCUT2D eigenvalue weighted by molar-refractivity contribution is 5.77. The smallest absolute Gasteiger partial charge is 0.314 e. The van der Waals surface area contributed by atoms with Crippen LogP contribution in [0.4, 0.5) is 4.79 Å². The minimum Gasteiger partial charge on any atom is -0.481 e. The van der Waals surface area contributed by atoms with E-state index >= 15 is 0 Å². The lowest BCUT2D eigenvalue weighted by Gasteiger charge is -2.23. The first-order valence-corrected chi connectivity index (χ1v) is 6.67.